The Morgan fingerprint density at radius 2 is 2.28 bits per heavy atom. The van der Waals surface area contributed by atoms with E-state index in [-0.39, 0.29) is 16.0 Å². The number of rotatable bonds is 4. The summed E-state index contributed by atoms with van der Waals surface area (Å²) in [6.07, 6.45) is 1.69. The second kappa shape index (κ2) is 4.87. The number of benzene rings is 1. The first-order chi connectivity index (χ1) is 8.62. The summed E-state index contributed by atoms with van der Waals surface area (Å²) in [7, 11) is 1.29. The van der Waals surface area contributed by atoms with E-state index < -0.39 is 5.97 Å². The van der Waals surface area contributed by atoms with Gasteiger partial charge in [0, 0.05) is 0 Å². The van der Waals surface area contributed by atoms with Crippen LogP contribution in [0.3, 0.4) is 0 Å². The van der Waals surface area contributed by atoms with E-state index >= 15 is 0 Å². The molecule has 0 N–H and O–H groups in total. The quantitative estimate of drug-likeness (QED) is 0.786. The number of carbonyl (C=O) groups excluding carboxylic acids is 1. The van der Waals surface area contributed by atoms with Crippen molar-refractivity contribution in [1.29, 1.82) is 5.26 Å². The van der Waals surface area contributed by atoms with E-state index in [1.807, 2.05) is 0 Å². The summed E-state index contributed by atoms with van der Waals surface area (Å²) in [5.74, 6) is -0.104. The van der Waals surface area contributed by atoms with Crippen molar-refractivity contribution >= 4 is 17.6 Å². The Labute approximate surface area is 110 Å². The van der Waals surface area contributed by atoms with Crippen molar-refractivity contribution in [1.82, 2.24) is 0 Å². The van der Waals surface area contributed by atoms with Crippen LogP contribution in [0.2, 0.25) is 5.02 Å². The van der Waals surface area contributed by atoms with Gasteiger partial charge in [0.15, 0.2) is 0 Å². The zero-order valence-corrected chi connectivity index (χ0v) is 10.7. The molecule has 0 unspecified atom stereocenters. The monoisotopic (exact) mass is 265 g/mol. The normalized spacial score (nSPS) is 15.6. The highest BCUT2D eigenvalue weighted by molar-refractivity contribution is 6.35. The van der Waals surface area contributed by atoms with Crippen LogP contribution in [0.5, 0.6) is 5.75 Å². The molecule has 2 rings (SSSR count). The molecular formula is C13H12ClNO3. The van der Waals surface area contributed by atoms with Crippen molar-refractivity contribution in [2.45, 2.75) is 12.8 Å². The van der Waals surface area contributed by atoms with Gasteiger partial charge in [0.05, 0.1) is 29.2 Å². The van der Waals surface area contributed by atoms with E-state index in [1.165, 1.54) is 7.11 Å². The van der Waals surface area contributed by atoms with Gasteiger partial charge in [-0.2, -0.15) is 5.26 Å². The molecule has 1 aromatic rings. The summed E-state index contributed by atoms with van der Waals surface area (Å²) in [6, 6.07) is 7.13. The number of hydrogen-bond donors (Lipinski definition) is 0. The molecule has 4 nitrogen and oxygen atoms in total. The Bertz CT molecular complexity index is 517. The molecule has 18 heavy (non-hydrogen) atoms. The SMILES string of the molecule is COC(=O)c1cccc(OCC2(C#N)CC2)c1Cl. The van der Waals surface area contributed by atoms with E-state index in [9.17, 15) is 4.79 Å². The van der Waals surface area contributed by atoms with Crippen LogP contribution < -0.4 is 4.74 Å². The number of ether oxygens (including phenoxy) is 2. The van der Waals surface area contributed by atoms with Crippen LogP contribution in [-0.2, 0) is 4.74 Å². The first kappa shape index (κ1) is 12.7. The van der Waals surface area contributed by atoms with Gasteiger partial charge >= 0.3 is 5.97 Å². The predicted octanol–water partition coefficient (Wildman–Crippen LogP) is 2.81. The number of methoxy groups -OCH3 is 1. The fourth-order valence-corrected chi connectivity index (χ4v) is 1.80. The van der Waals surface area contributed by atoms with Gasteiger partial charge in [0.1, 0.15) is 12.4 Å². The molecule has 0 saturated heterocycles. The molecule has 1 aliphatic rings. The van der Waals surface area contributed by atoms with Crippen LogP contribution in [0, 0.1) is 16.7 Å². The van der Waals surface area contributed by atoms with Gasteiger partial charge in [-0.1, -0.05) is 17.7 Å². The molecule has 94 valence electrons. The molecule has 1 aromatic carbocycles. The number of esters is 1. The highest BCUT2D eigenvalue weighted by Gasteiger charge is 2.44. The Kier molecular flexibility index (Phi) is 3.44. The average molecular weight is 266 g/mol. The summed E-state index contributed by atoms with van der Waals surface area (Å²) < 4.78 is 10.1. The third-order valence-electron chi connectivity index (χ3n) is 2.96. The predicted molar refractivity (Wildman–Crippen MR) is 65.6 cm³/mol. The Morgan fingerprint density at radius 1 is 1.56 bits per heavy atom. The van der Waals surface area contributed by atoms with Gasteiger partial charge in [0.2, 0.25) is 0 Å². The molecule has 1 aliphatic carbocycles. The number of halogens is 1. The number of nitriles is 1. The minimum Gasteiger partial charge on any atom is -0.490 e. The first-order valence-electron chi connectivity index (χ1n) is 5.53. The van der Waals surface area contributed by atoms with E-state index in [0.29, 0.717) is 12.4 Å². The zero-order valence-electron chi connectivity index (χ0n) is 9.90. The zero-order chi connectivity index (χ0) is 13.2. The lowest BCUT2D eigenvalue weighted by atomic mass is 10.1. The lowest BCUT2D eigenvalue weighted by Gasteiger charge is -2.12. The second-order valence-corrected chi connectivity index (χ2v) is 4.67. The number of hydrogen-bond acceptors (Lipinski definition) is 4. The topological polar surface area (TPSA) is 59.3 Å². The van der Waals surface area contributed by atoms with E-state index in [4.69, 9.17) is 21.6 Å². The first-order valence-corrected chi connectivity index (χ1v) is 5.90. The Morgan fingerprint density at radius 3 is 2.83 bits per heavy atom. The summed E-state index contributed by atoms with van der Waals surface area (Å²) in [6.45, 7) is 0.299. The minimum atomic E-state index is -0.508. The van der Waals surface area contributed by atoms with E-state index in [0.717, 1.165) is 12.8 Å². The second-order valence-electron chi connectivity index (χ2n) is 4.29. The summed E-state index contributed by atoms with van der Waals surface area (Å²) >= 11 is 6.07. The summed E-state index contributed by atoms with van der Waals surface area (Å²) in [5.41, 5.74) is -0.108. The fourth-order valence-electron chi connectivity index (χ4n) is 1.55. The largest absolute Gasteiger partial charge is 0.490 e. The molecule has 0 atom stereocenters. The molecule has 0 aliphatic heterocycles. The molecule has 0 bridgehead atoms. The molecule has 5 heteroatoms. The van der Waals surface area contributed by atoms with Gasteiger partial charge in [-0.05, 0) is 25.0 Å². The smallest absolute Gasteiger partial charge is 0.339 e. The highest BCUT2D eigenvalue weighted by atomic mass is 35.5. The maximum atomic E-state index is 11.4. The Hall–Kier alpha value is -1.73. The minimum absolute atomic E-state index is 0.220. The van der Waals surface area contributed by atoms with Crippen LogP contribution in [-0.4, -0.2) is 19.7 Å². The molecule has 0 heterocycles. The summed E-state index contributed by atoms with van der Waals surface area (Å²) in [4.78, 5) is 11.4. The van der Waals surface area contributed by atoms with Crippen molar-refractivity contribution in [2.75, 3.05) is 13.7 Å². The standard InChI is InChI=1S/C13H12ClNO3/c1-17-12(16)9-3-2-4-10(11(9)14)18-8-13(7-15)5-6-13/h2-4H,5-6,8H2,1H3. The van der Waals surface area contributed by atoms with E-state index in [2.05, 4.69) is 10.8 Å². The van der Waals surface area contributed by atoms with Gasteiger partial charge in [-0.3, -0.25) is 0 Å². The van der Waals surface area contributed by atoms with Crippen LogP contribution in [0.4, 0.5) is 0 Å². The molecule has 0 amide bonds. The molecule has 0 radical (unpaired) electrons. The molecular weight excluding hydrogens is 254 g/mol. The third kappa shape index (κ3) is 2.41. The average Bonchev–Trinajstić information content (AvgIpc) is 3.17. The number of nitrogens with zero attached hydrogens (tertiary/aromatic N) is 1. The maximum Gasteiger partial charge on any atom is 0.339 e. The van der Waals surface area contributed by atoms with Gasteiger partial charge in [-0.25, -0.2) is 4.79 Å². The van der Waals surface area contributed by atoms with Gasteiger partial charge < -0.3 is 9.47 Å². The summed E-state index contributed by atoms with van der Waals surface area (Å²) in [5, 5.41) is 9.17. The van der Waals surface area contributed by atoms with Crippen LogP contribution >= 0.6 is 11.6 Å². The van der Waals surface area contributed by atoms with Gasteiger partial charge in [-0.15, -0.1) is 0 Å². The maximum absolute atomic E-state index is 11.4. The van der Waals surface area contributed by atoms with Crippen molar-refractivity contribution in [3.63, 3.8) is 0 Å². The molecule has 1 fully saturated rings. The highest BCUT2D eigenvalue weighted by Crippen LogP contribution is 2.45. The van der Waals surface area contributed by atoms with Crippen LogP contribution in [0.25, 0.3) is 0 Å². The lowest BCUT2D eigenvalue weighted by molar-refractivity contribution is 0.0600. The van der Waals surface area contributed by atoms with Crippen LogP contribution in [0.1, 0.15) is 23.2 Å². The fraction of sp³-hybridized carbons (Fsp3) is 0.385. The molecule has 1 saturated carbocycles. The van der Waals surface area contributed by atoms with Crippen molar-refractivity contribution in [2.24, 2.45) is 5.41 Å². The van der Waals surface area contributed by atoms with E-state index in [1.54, 1.807) is 18.2 Å². The number of carbonyl (C=O) groups is 1. The van der Waals surface area contributed by atoms with Crippen LogP contribution in [0.15, 0.2) is 18.2 Å². The van der Waals surface area contributed by atoms with Crippen molar-refractivity contribution in [3.05, 3.63) is 28.8 Å². The third-order valence-corrected chi connectivity index (χ3v) is 3.35. The van der Waals surface area contributed by atoms with Crippen molar-refractivity contribution < 1.29 is 14.3 Å². The lowest BCUT2D eigenvalue weighted by Crippen LogP contribution is -2.11. The van der Waals surface area contributed by atoms with Crippen molar-refractivity contribution in [3.8, 4) is 11.8 Å². The molecule has 0 spiro atoms. The Balaban J connectivity index is 2.14. The van der Waals surface area contributed by atoms with Gasteiger partial charge in [0.25, 0.3) is 0 Å². The molecule has 0 aromatic heterocycles.